The fourth-order valence-electron chi connectivity index (χ4n) is 3.21. The molecule has 35 heavy (non-hydrogen) atoms. The number of Topliss-reactive ketones (excluding diaryl/α,β-unsaturated/α-hetero) is 2. The molecule has 0 aliphatic heterocycles. The van der Waals surface area contributed by atoms with Crippen LogP contribution in [0.2, 0.25) is 0 Å². The lowest BCUT2D eigenvalue weighted by atomic mass is 10.1. The summed E-state index contributed by atoms with van der Waals surface area (Å²) >= 11 is 0. The molecule has 0 saturated carbocycles. The molecule has 0 atom stereocenters. The van der Waals surface area contributed by atoms with Crippen LogP contribution in [0.25, 0.3) is 0 Å². The average molecular weight is 543 g/mol. The van der Waals surface area contributed by atoms with Crippen molar-refractivity contribution in [1.29, 1.82) is 0 Å². The minimum absolute atomic E-state index is 0.0530. The summed E-state index contributed by atoms with van der Waals surface area (Å²) in [6.07, 6.45) is 5.81. The molecule has 9 nitrogen and oxygen atoms in total. The van der Waals surface area contributed by atoms with Gasteiger partial charge in [-0.3, -0.25) is 9.59 Å². The van der Waals surface area contributed by atoms with Crippen LogP contribution in [0, 0.1) is 0 Å². The molecule has 0 rings (SSSR count). The quantitative estimate of drug-likeness (QED) is 0.151. The summed E-state index contributed by atoms with van der Waals surface area (Å²) in [5, 5.41) is 0. The number of carbonyl (C=O) groups excluding carboxylic acids is 2. The fraction of sp³-hybridized carbons (Fsp3) is 0.917. The van der Waals surface area contributed by atoms with E-state index in [0.717, 1.165) is 12.8 Å². The van der Waals surface area contributed by atoms with E-state index in [-0.39, 0.29) is 74.2 Å². The molecule has 0 spiro atoms. The zero-order valence-electron chi connectivity index (χ0n) is 21.6. The Labute approximate surface area is 212 Å². The SMILES string of the molecule is CCCC(=O)CCCCS(=O)(=O)CCOCCOCCOCCS(=O)(=O)CCCCC(=O)CCC. The highest BCUT2D eigenvalue weighted by Crippen LogP contribution is 2.05. The van der Waals surface area contributed by atoms with Crippen LogP contribution in [-0.4, -0.2) is 91.1 Å². The monoisotopic (exact) mass is 542 g/mol. The summed E-state index contributed by atoms with van der Waals surface area (Å²) < 4.78 is 63.8. The molecular formula is C24H46O9S2. The first-order chi connectivity index (χ1) is 16.6. The van der Waals surface area contributed by atoms with E-state index in [1.54, 1.807) is 0 Å². The molecule has 0 unspecified atom stereocenters. The number of ketones is 2. The number of sulfone groups is 2. The van der Waals surface area contributed by atoms with E-state index in [4.69, 9.17) is 14.2 Å². The zero-order chi connectivity index (χ0) is 26.4. The van der Waals surface area contributed by atoms with Gasteiger partial charge in [0.05, 0.1) is 62.7 Å². The Hall–Kier alpha value is -0.880. The van der Waals surface area contributed by atoms with Gasteiger partial charge in [0.2, 0.25) is 0 Å². The van der Waals surface area contributed by atoms with Gasteiger partial charge < -0.3 is 14.2 Å². The Balaban J connectivity index is 3.58. The molecule has 0 N–H and O–H groups in total. The van der Waals surface area contributed by atoms with Crippen LogP contribution in [0.15, 0.2) is 0 Å². The third-order valence-corrected chi connectivity index (χ3v) is 8.60. The molecular weight excluding hydrogens is 496 g/mol. The molecule has 0 aliphatic rings. The first kappa shape index (κ1) is 34.1. The van der Waals surface area contributed by atoms with E-state index in [1.165, 1.54) is 0 Å². The Morgan fingerprint density at radius 2 is 0.829 bits per heavy atom. The summed E-state index contributed by atoms with van der Waals surface area (Å²) in [7, 11) is -6.37. The average Bonchev–Trinajstić information content (AvgIpc) is 2.78. The molecule has 0 heterocycles. The van der Waals surface area contributed by atoms with Crippen molar-refractivity contribution < 1.29 is 40.6 Å². The Morgan fingerprint density at radius 1 is 0.486 bits per heavy atom. The number of hydrogen-bond donors (Lipinski definition) is 0. The van der Waals surface area contributed by atoms with Gasteiger partial charge in [-0.15, -0.1) is 0 Å². The Bertz CT molecular complexity index is 698. The van der Waals surface area contributed by atoms with Gasteiger partial charge in [-0.05, 0) is 38.5 Å². The molecule has 0 amide bonds. The minimum Gasteiger partial charge on any atom is -0.378 e. The van der Waals surface area contributed by atoms with Crippen molar-refractivity contribution in [2.24, 2.45) is 0 Å². The van der Waals surface area contributed by atoms with Gasteiger partial charge in [0.15, 0.2) is 19.7 Å². The predicted molar refractivity (Wildman–Crippen MR) is 137 cm³/mol. The zero-order valence-corrected chi connectivity index (χ0v) is 23.3. The van der Waals surface area contributed by atoms with E-state index in [9.17, 15) is 26.4 Å². The van der Waals surface area contributed by atoms with Crippen LogP contribution in [0.4, 0.5) is 0 Å². The highest BCUT2D eigenvalue weighted by molar-refractivity contribution is 7.91. The van der Waals surface area contributed by atoms with Gasteiger partial charge in [-0.2, -0.15) is 0 Å². The molecule has 0 radical (unpaired) electrons. The second-order valence-electron chi connectivity index (χ2n) is 8.63. The lowest BCUT2D eigenvalue weighted by Gasteiger charge is -2.08. The third kappa shape index (κ3) is 23.3. The Kier molecular flexibility index (Phi) is 20.7. The van der Waals surface area contributed by atoms with E-state index < -0.39 is 19.7 Å². The normalized spacial score (nSPS) is 12.2. The summed E-state index contributed by atoms with van der Waals surface area (Å²) in [5.41, 5.74) is 0. The van der Waals surface area contributed by atoms with Crippen LogP contribution in [0.1, 0.15) is 78.1 Å². The predicted octanol–water partition coefficient (Wildman–Crippen LogP) is 2.94. The smallest absolute Gasteiger partial charge is 0.152 e. The number of unbranched alkanes of at least 4 members (excludes halogenated alkanes) is 2. The summed E-state index contributed by atoms with van der Waals surface area (Å²) in [6.45, 7) is 5.19. The van der Waals surface area contributed by atoms with Gasteiger partial charge in [0, 0.05) is 25.7 Å². The van der Waals surface area contributed by atoms with E-state index in [1.807, 2.05) is 13.8 Å². The highest BCUT2D eigenvalue weighted by Gasteiger charge is 2.12. The first-order valence-electron chi connectivity index (χ1n) is 12.8. The highest BCUT2D eigenvalue weighted by atomic mass is 32.2. The van der Waals surface area contributed by atoms with Crippen LogP contribution in [0.3, 0.4) is 0 Å². The maximum absolute atomic E-state index is 12.0. The summed E-state index contributed by atoms with van der Waals surface area (Å²) in [4.78, 5) is 22.9. The molecule has 11 heteroatoms. The van der Waals surface area contributed by atoms with Crippen molar-refractivity contribution in [1.82, 2.24) is 0 Å². The summed E-state index contributed by atoms with van der Waals surface area (Å²) in [6, 6.07) is 0. The largest absolute Gasteiger partial charge is 0.378 e. The van der Waals surface area contributed by atoms with Crippen molar-refractivity contribution in [3.05, 3.63) is 0 Å². The number of hydrogen-bond acceptors (Lipinski definition) is 9. The van der Waals surface area contributed by atoms with Crippen LogP contribution in [0.5, 0.6) is 0 Å². The van der Waals surface area contributed by atoms with Gasteiger partial charge in [-0.1, -0.05) is 13.8 Å². The van der Waals surface area contributed by atoms with E-state index in [2.05, 4.69) is 0 Å². The second-order valence-corrected chi connectivity index (χ2v) is 13.2. The molecule has 0 fully saturated rings. The lowest BCUT2D eigenvalue weighted by Crippen LogP contribution is -2.18. The van der Waals surface area contributed by atoms with Crippen molar-refractivity contribution >= 4 is 31.2 Å². The molecule has 0 aromatic rings. The molecule has 0 aromatic heterocycles. The maximum Gasteiger partial charge on any atom is 0.152 e. The van der Waals surface area contributed by atoms with Crippen molar-refractivity contribution in [2.45, 2.75) is 78.1 Å². The number of ether oxygens (including phenoxy) is 3. The first-order valence-corrected chi connectivity index (χ1v) is 16.4. The maximum atomic E-state index is 12.0. The molecule has 0 aromatic carbocycles. The van der Waals surface area contributed by atoms with Crippen molar-refractivity contribution in [3.8, 4) is 0 Å². The molecule has 0 saturated heterocycles. The van der Waals surface area contributed by atoms with Gasteiger partial charge in [0.1, 0.15) is 11.6 Å². The number of rotatable bonds is 26. The Morgan fingerprint density at radius 3 is 1.17 bits per heavy atom. The molecule has 0 aliphatic carbocycles. The van der Waals surface area contributed by atoms with Crippen molar-refractivity contribution in [3.63, 3.8) is 0 Å². The summed E-state index contributed by atoms with van der Waals surface area (Å²) in [5.74, 6) is 0.403. The van der Waals surface area contributed by atoms with Crippen LogP contribution in [-0.2, 0) is 43.5 Å². The molecule has 208 valence electrons. The third-order valence-electron chi connectivity index (χ3n) is 5.20. The van der Waals surface area contributed by atoms with Gasteiger partial charge in [-0.25, -0.2) is 16.8 Å². The topological polar surface area (TPSA) is 130 Å². The fourth-order valence-corrected chi connectivity index (χ4v) is 5.65. The van der Waals surface area contributed by atoms with E-state index in [0.29, 0.717) is 51.4 Å². The molecule has 0 bridgehead atoms. The second kappa shape index (κ2) is 21.2. The van der Waals surface area contributed by atoms with Gasteiger partial charge in [0.25, 0.3) is 0 Å². The number of carbonyl (C=O) groups is 2. The van der Waals surface area contributed by atoms with Crippen LogP contribution < -0.4 is 0 Å². The van der Waals surface area contributed by atoms with Crippen molar-refractivity contribution in [2.75, 3.05) is 62.7 Å². The van der Waals surface area contributed by atoms with Gasteiger partial charge >= 0.3 is 0 Å². The van der Waals surface area contributed by atoms with E-state index >= 15 is 0 Å². The van der Waals surface area contributed by atoms with Crippen LogP contribution >= 0.6 is 0 Å². The minimum atomic E-state index is -3.19. The standard InChI is InChI=1S/C24H46O9S2/c1-3-9-23(25)11-5-7-19-34(27,28)21-17-32-15-13-31-14-16-33-18-22-35(29,30)20-8-6-12-24(26)10-4-2/h3-22H2,1-2H3. The lowest BCUT2D eigenvalue weighted by molar-refractivity contribution is -0.120.